The molecule has 1 N–H and O–H groups in total. The van der Waals surface area contributed by atoms with Gasteiger partial charge in [-0.15, -0.1) is 0 Å². The molecule has 0 unspecified atom stereocenters. The first-order chi connectivity index (χ1) is 13.8. The van der Waals surface area contributed by atoms with Crippen molar-refractivity contribution in [1.29, 1.82) is 0 Å². The van der Waals surface area contributed by atoms with Gasteiger partial charge in [-0.3, -0.25) is 4.79 Å². The van der Waals surface area contributed by atoms with Gasteiger partial charge in [0.2, 0.25) is 0 Å². The Bertz CT molecular complexity index is 624. The molecule has 29 heavy (non-hydrogen) atoms. The number of rotatable bonds is 13. The number of carbonyl (C=O) groups excluding carboxylic acids is 3. The highest BCUT2D eigenvalue weighted by Gasteiger charge is 2.15. The lowest BCUT2D eigenvalue weighted by Crippen LogP contribution is -2.34. The minimum atomic E-state index is -0.537. The lowest BCUT2D eigenvalue weighted by molar-refractivity contribution is -0.140. The highest BCUT2D eigenvalue weighted by atomic mass is 16.6. The van der Waals surface area contributed by atoms with Crippen LogP contribution in [0.25, 0.3) is 0 Å². The van der Waals surface area contributed by atoms with Gasteiger partial charge >= 0.3 is 12.1 Å². The summed E-state index contributed by atoms with van der Waals surface area (Å²) in [5, 5.41) is 2.59. The number of hydrogen-bond donors (Lipinski definition) is 1. The molecule has 0 saturated heterocycles. The zero-order valence-electron chi connectivity index (χ0n) is 17.1. The van der Waals surface area contributed by atoms with E-state index in [4.69, 9.17) is 23.7 Å². The van der Waals surface area contributed by atoms with E-state index in [2.05, 4.69) is 5.32 Å². The first kappa shape index (κ1) is 24.5. The molecule has 0 fully saturated rings. The summed E-state index contributed by atoms with van der Waals surface area (Å²) in [4.78, 5) is 33.6. The molecular weight excluding hydrogens is 382 g/mol. The third-order valence-corrected chi connectivity index (χ3v) is 3.13. The van der Waals surface area contributed by atoms with E-state index in [1.165, 1.54) is 12.1 Å². The summed E-state index contributed by atoms with van der Waals surface area (Å²) < 4.78 is 25.9. The van der Waals surface area contributed by atoms with Crippen LogP contribution in [0.4, 0.5) is 4.79 Å². The standard InChI is InChI=1S/C20H29NO8/c1-20(2,3)29-19(24)21-8-9-25-10-11-26-12-13-27-15-18(23)28-17-6-4-16(14-22)5-7-17/h4-7,14H,8-13,15H2,1-3H3,(H,21,24). The second kappa shape index (κ2) is 13.6. The molecule has 1 aromatic rings. The molecular formula is C20H29NO8. The second-order valence-electron chi connectivity index (χ2n) is 6.87. The van der Waals surface area contributed by atoms with E-state index in [0.29, 0.717) is 50.6 Å². The van der Waals surface area contributed by atoms with E-state index < -0.39 is 17.7 Å². The predicted octanol–water partition coefficient (Wildman–Crippen LogP) is 1.98. The first-order valence-corrected chi connectivity index (χ1v) is 9.26. The molecule has 9 nitrogen and oxygen atoms in total. The fraction of sp³-hybridized carbons (Fsp3) is 0.550. The number of alkyl carbamates (subject to hydrolysis) is 1. The van der Waals surface area contributed by atoms with Crippen LogP contribution in [0, 0.1) is 0 Å². The molecule has 0 bridgehead atoms. The molecule has 0 spiro atoms. The highest BCUT2D eigenvalue weighted by molar-refractivity contribution is 5.76. The van der Waals surface area contributed by atoms with Crippen LogP contribution in [0.5, 0.6) is 5.75 Å². The summed E-state index contributed by atoms with van der Waals surface area (Å²) >= 11 is 0. The van der Waals surface area contributed by atoms with Gasteiger partial charge in [-0.1, -0.05) is 0 Å². The fourth-order valence-corrected chi connectivity index (χ4v) is 1.91. The Kier molecular flexibility index (Phi) is 11.6. The highest BCUT2D eigenvalue weighted by Crippen LogP contribution is 2.11. The quantitative estimate of drug-likeness (QED) is 0.227. The van der Waals surface area contributed by atoms with Crippen molar-refractivity contribution in [2.45, 2.75) is 26.4 Å². The molecule has 9 heteroatoms. The predicted molar refractivity (Wildman–Crippen MR) is 104 cm³/mol. The number of esters is 1. The maximum absolute atomic E-state index is 11.6. The van der Waals surface area contributed by atoms with E-state index in [0.717, 1.165) is 0 Å². The lowest BCUT2D eigenvalue weighted by Gasteiger charge is -2.19. The Morgan fingerprint density at radius 3 is 2.10 bits per heavy atom. The molecule has 0 heterocycles. The molecule has 0 aromatic heterocycles. The van der Waals surface area contributed by atoms with Crippen LogP contribution in [0.3, 0.4) is 0 Å². The second-order valence-corrected chi connectivity index (χ2v) is 6.87. The van der Waals surface area contributed by atoms with Crippen LogP contribution in [0.1, 0.15) is 31.1 Å². The number of nitrogens with one attached hydrogen (secondary N) is 1. The summed E-state index contributed by atoms with van der Waals surface area (Å²) in [6.45, 7) is 7.14. The topological polar surface area (TPSA) is 109 Å². The summed E-state index contributed by atoms with van der Waals surface area (Å²) in [5.41, 5.74) is -0.0261. The van der Waals surface area contributed by atoms with Crippen molar-refractivity contribution in [3.05, 3.63) is 29.8 Å². The SMILES string of the molecule is CC(C)(C)OC(=O)NCCOCCOCCOCC(=O)Oc1ccc(C=O)cc1. The van der Waals surface area contributed by atoms with Crippen LogP contribution < -0.4 is 10.1 Å². The number of benzene rings is 1. The van der Waals surface area contributed by atoms with Crippen molar-refractivity contribution in [1.82, 2.24) is 5.32 Å². The average Bonchev–Trinajstić information content (AvgIpc) is 2.65. The maximum Gasteiger partial charge on any atom is 0.407 e. The van der Waals surface area contributed by atoms with E-state index in [9.17, 15) is 14.4 Å². The molecule has 0 aliphatic heterocycles. The molecule has 0 saturated carbocycles. The van der Waals surface area contributed by atoms with Crippen molar-refractivity contribution in [2.24, 2.45) is 0 Å². The fourth-order valence-electron chi connectivity index (χ4n) is 1.91. The van der Waals surface area contributed by atoms with Gasteiger partial charge in [0.1, 0.15) is 24.2 Å². The smallest absolute Gasteiger partial charge is 0.407 e. The Morgan fingerprint density at radius 1 is 0.931 bits per heavy atom. The molecule has 0 aliphatic carbocycles. The van der Waals surface area contributed by atoms with Crippen molar-refractivity contribution < 1.29 is 38.1 Å². The molecule has 0 aliphatic rings. The van der Waals surface area contributed by atoms with Gasteiger partial charge in [-0.25, -0.2) is 9.59 Å². The van der Waals surface area contributed by atoms with E-state index in [1.807, 2.05) is 0 Å². The van der Waals surface area contributed by atoms with Gasteiger partial charge in [0, 0.05) is 12.1 Å². The van der Waals surface area contributed by atoms with Crippen LogP contribution >= 0.6 is 0 Å². The van der Waals surface area contributed by atoms with E-state index in [-0.39, 0.29) is 13.2 Å². The summed E-state index contributed by atoms with van der Waals surface area (Å²) in [6, 6.07) is 6.18. The minimum Gasteiger partial charge on any atom is -0.444 e. The van der Waals surface area contributed by atoms with Crippen LogP contribution in [-0.2, 0) is 23.7 Å². The maximum atomic E-state index is 11.6. The van der Waals surface area contributed by atoms with Crippen molar-refractivity contribution in [3.63, 3.8) is 0 Å². The minimum absolute atomic E-state index is 0.203. The zero-order valence-corrected chi connectivity index (χ0v) is 17.1. The molecule has 1 aromatic carbocycles. The Labute approximate surface area is 170 Å². The zero-order chi connectivity index (χ0) is 21.5. The third-order valence-electron chi connectivity index (χ3n) is 3.13. The summed E-state index contributed by atoms with van der Waals surface area (Å²) in [6.07, 6.45) is 0.228. The molecule has 162 valence electrons. The van der Waals surface area contributed by atoms with Crippen molar-refractivity contribution in [3.8, 4) is 5.75 Å². The lowest BCUT2D eigenvalue weighted by atomic mass is 10.2. The molecule has 0 radical (unpaired) electrons. The number of hydrogen-bond acceptors (Lipinski definition) is 8. The van der Waals surface area contributed by atoms with E-state index >= 15 is 0 Å². The van der Waals surface area contributed by atoms with Gasteiger partial charge in [-0.05, 0) is 45.0 Å². The first-order valence-electron chi connectivity index (χ1n) is 9.26. The average molecular weight is 411 g/mol. The van der Waals surface area contributed by atoms with Crippen LogP contribution in [0.2, 0.25) is 0 Å². The number of amides is 1. The van der Waals surface area contributed by atoms with Gasteiger partial charge in [-0.2, -0.15) is 0 Å². The van der Waals surface area contributed by atoms with Crippen LogP contribution in [-0.4, -0.2) is 70.1 Å². The third kappa shape index (κ3) is 13.3. The largest absolute Gasteiger partial charge is 0.444 e. The number of ether oxygens (including phenoxy) is 5. The van der Waals surface area contributed by atoms with E-state index in [1.54, 1.807) is 32.9 Å². The summed E-state index contributed by atoms with van der Waals surface area (Å²) in [5.74, 6) is -0.191. The normalized spacial score (nSPS) is 11.0. The van der Waals surface area contributed by atoms with Gasteiger partial charge in [0.15, 0.2) is 0 Å². The van der Waals surface area contributed by atoms with Gasteiger partial charge in [0.05, 0.1) is 33.0 Å². The Morgan fingerprint density at radius 2 is 1.52 bits per heavy atom. The van der Waals surface area contributed by atoms with Gasteiger partial charge in [0.25, 0.3) is 0 Å². The number of carbonyl (C=O) groups is 3. The monoisotopic (exact) mass is 411 g/mol. The van der Waals surface area contributed by atoms with Crippen LogP contribution in [0.15, 0.2) is 24.3 Å². The summed E-state index contributed by atoms with van der Waals surface area (Å²) in [7, 11) is 0. The molecule has 1 rings (SSSR count). The van der Waals surface area contributed by atoms with Crippen molar-refractivity contribution in [2.75, 3.05) is 46.2 Å². The molecule has 1 amide bonds. The Balaban J connectivity index is 1.92. The van der Waals surface area contributed by atoms with Gasteiger partial charge < -0.3 is 29.0 Å². The number of aldehydes is 1. The molecule has 0 atom stereocenters. The Hall–Kier alpha value is -2.49. The van der Waals surface area contributed by atoms with Crippen molar-refractivity contribution >= 4 is 18.3 Å².